The Morgan fingerprint density at radius 2 is 0.629 bits per heavy atom. The second-order valence-corrected chi connectivity index (χ2v) is 17.0. The summed E-state index contributed by atoms with van der Waals surface area (Å²) in [6, 6.07) is 47.5. The van der Waals surface area contributed by atoms with Crippen LogP contribution >= 0.6 is 69.9 Å². The Bertz CT molecular complexity index is 2480. The van der Waals surface area contributed by atoms with Gasteiger partial charge in [0.2, 0.25) is 0 Å². The van der Waals surface area contributed by atoms with E-state index < -0.39 is 0 Å². The molecule has 6 rings (SSSR count). The minimum atomic E-state index is 0.672. The summed E-state index contributed by atoms with van der Waals surface area (Å²) in [5.74, 6) is 0. The predicted octanol–water partition coefficient (Wildman–Crippen LogP) is 17.9. The average molecular weight is 925 g/mol. The van der Waals surface area contributed by atoms with Crippen molar-refractivity contribution < 1.29 is 0 Å². The van der Waals surface area contributed by atoms with Crippen LogP contribution in [0.1, 0.15) is 22.3 Å². The molecular formula is C54H42Cl4N2S2. The molecule has 0 saturated carbocycles. The number of allylic oxidation sites excluding steroid dienone is 14. The molecule has 0 aliphatic heterocycles. The van der Waals surface area contributed by atoms with Gasteiger partial charge < -0.3 is 0 Å². The van der Waals surface area contributed by atoms with Gasteiger partial charge in [0, 0.05) is 42.3 Å². The molecule has 0 spiro atoms. The quantitative estimate of drug-likeness (QED) is 0.0549. The summed E-state index contributed by atoms with van der Waals surface area (Å²) >= 11 is 28.5. The van der Waals surface area contributed by atoms with Crippen LogP contribution in [0.2, 0.25) is 20.1 Å². The zero-order chi connectivity index (χ0) is 43.5. The molecule has 0 atom stereocenters. The third-order valence-corrected chi connectivity index (χ3v) is 11.8. The third kappa shape index (κ3) is 14.7. The molecule has 6 aromatic carbocycles. The third-order valence-electron chi connectivity index (χ3n) is 9.33. The van der Waals surface area contributed by atoms with Crippen LogP contribution in [0.25, 0.3) is 22.3 Å². The Hall–Kier alpha value is -5.30. The molecule has 0 unspecified atom stereocenters. The standard InChI is InChI=1S/C54H42Cl4N2S2/c1-61-53-33-29-51(30-34-53)59-37-45(43-17-25-49(57)26-18-43)11-5-9-39(41-13-21-47(55)22-14-41)7-3-4-8-40(42-15-23-48(56)24-16-42)10-6-12-46(44-19-27-50(58)28-20-44)38-60-52-31-35-54(62-2)36-32-52/h3-38H,1-2H3/b4-3+,9-5+,10-6+,39-7-,40-8-,45-11-,46-12-,59-37?,60-38?. The Morgan fingerprint density at radius 1 is 0.355 bits per heavy atom. The van der Waals surface area contributed by atoms with Crippen molar-refractivity contribution in [2.75, 3.05) is 12.5 Å². The van der Waals surface area contributed by atoms with Crippen molar-refractivity contribution in [3.05, 3.63) is 249 Å². The van der Waals surface area contributed by atoms with Gasteiger partial charge in [0.15, 0.2) is 0 Å². The molecule has 0 bridgehead atoms. The van der Waals surface area contributed by atoms with E-state index in [2.05, 4.69) is 73.2 Å². The van der Waals surface area contributed by atoms with Crippen LogP contribution < -0.4 is 0 Å². The fourth-order valence-corrected chi connectivity index (χ4v) is 7.27. The highest BCUT2D eigenvalue weighted by atomic mass is 35.5. The summed E-state index contributed by atoms with van der Waals surface area (Å²) < 4.78 is 0. The predicted molar refractivity (Wildman–Crippen MR) is 278 cm³/mol. The first-order valence-electron chi connectivity index (χ1n) is 19.5. The van der Waals surface area contributed by atoms with Crippen LogP contribution in [-0.2, 0) is 0 Å². The number of aliphatic imine (C=N–C) groups is 2. The first-order valence-corrected chi connectivity index (χ1v) is 23.5. The van der Waals surface area contributed by atoms with Crippen molar-refractivity contribution in [2.24, 2.45) is 9.98 Å². The molecule has 0 fully saturated rings. The summed E-state index contributed by atoms with van der Waals surface area (Å²) in [7, 11) is 0. The van der Waals surface area contributed by atoms with Crippen LogP contribution in [0.5, 0.6) is 0 Å². The van der Waals surface area contributed by atoms with Gasteiger partial charge in [-0.2, -0.15) is 0 Å². The number of nitrogens with zero attached hydrogens (tertiary/aromatic N) is 2. The molecule has 8 heteroatoms. The van der Waals surface area contributed by atoms with E-state index >= 15 is 0 Å². The second-order valence-electron chi connectivity index (χ2n) is 13.5. The van der Waals surface area contributed by atoms with E-state index in [1.807, 2.05) is 158 Å². The van der Waals surface area contributed by atoms with Gasteiger partial charge in [-0.3, -0.25) is 9.98 Å². The summed E-state index contributed by atoms with van der Waals surface area (Å²) in [5.41, 5.74) is 9.62. The number of rotatable bonds is 16. The molecule has 0 aliphatic rings. The van der Waals surface area contributed by atoms with Crippen LogP contribution in [0.15, 0.2) is 226 Å². The summed E-state index contributed by atoms with van der Waals surface area (Å²) in [6.45, 7) is 0. The Kier molecular flexibility index (Phi) is 18.2. The van der Waals surface area contributed by atoms with Crippen LogP contribution in [-0.4, -0.2) is 24.9 Å². The smallest absolute Gasteiger partial charge is 0.0630 e. The highest BCUT2D eigenvalue weighted by Gasteiger charge is 2.03. The summed E-state index contributed by atoms with van der Waals surface area (Å²) in [5, 5.41) is 2.69. The fourth-order valence-electron chi connectivity index (χ4n) is 5.95. The Labute approximate surface area is 394 Å². The van der Waals surface area contributed by atoms with Crippen molar-refractivity contribution in [3.8, 4) is 0 Å². The monoisotopic (exact) mass is 922 g/mol. The van der Waals surface area contributed by atoms with Crippen LogP contribution in [0.3, 0.4) is 0 Å². The minimum absolute atomic E-state index is 0.672. The number of thioether (sulfide) groups is 2. The molecule has 2 nitrogen and oxygen atoms in total. The van der Waals surface area contributed by atoms with Crippen LogP contribution in [0.4, 0.5) is 11.4 Å². The number of benzene rings is 6. The molecule has 0 aliphatic carbocycles. The molecule has 0 saturated heterocycles. The average Bonchev–Trinajstić information content (AvgIpc) is 3.30. The molecule has 0 aromatic heterocycles. The molecule has 0 amide bonds. The van der Waals surface area contributed by atoms with Crippen molar-refractivity contribution in [2.45, 2.75) is 9.79 Å². The van der Waals surface area contributed by atoms with Gasteiger partial charge >= 0.3 is 0 Å². The lowest BCUT2D eigenvalue weighted by atomic mass is 10.0. The van der Waals surface area contributed by atoms with Gasteiger partial charge in [0.05, 0.1) is 11.4 Å². The molecule has 0 heterocycles. The number of hydrogen-bond acceptors (Lipinski definition) is 4. The molecule has 6 aromatic rings. The van der Waals surface area contributed by atoms with Gasteiger partial charge in [-0.25, -0.2) is 0 Å². The zero-order valence-electron chi connectivity index (χ0n) is 34.0. The maximum absolute atomic E-state index is 6.31. The normalized spacial score (nSPS) is 13.2. The Balaban J connectivity index is 1.32. The lowest BCUT2D eigenvalue weighted by Crippen LogP contribution is -1.86. The van der Waals surface area contributed by atoms with E-state index in [-0.39, 0.29) is 0 Å². The van der Waals surface area contributed by atoms with Gasteiger partial charge in [0.25, 0.3) is 0 Å². The van der Waals surface area contributed by atoms with E-state index in [0.29, 0.717) is 20.1 Å². The first-order chi connectivity index (χ1) is 30.3. The largest absolute Gasteiger partial charge is 0.256 e. The number of halogens is 4. The van der Waals surface area contributed by atoms with Crippen molar-refractivity contribution >= 4 is 116 Å². The highest BCUT2D eigenvalue weighted by molar-refractivity contribution is 7.98. The molecule has 308 valence electrons. The zero-order valence-corrected chi connectivity index (χ0v) is 38.7. The van der Waals surface area contributed by atoms with E-state index in [1.54, 1.807) is 23.5 Å². The fraction of sp³-hybridized carbons (Fsp3) is 0.0370. The topological polar surface area (TPSA) is 24.7 Å². The summed E-state index contributed by atoms with van der Waals surface area (Å²) in [6.07, 6.45) is 28.5. The SMILES string of the molecule is CSc1ccc(N=C/C(=C/C=C/C(=C/C=C/C=C(/C=C/C=C(/C=Nc2ccc(SC)cc2)c2ccc(Cl)cc2)c2ccc(Cl)cc2)c2ccc(Cl)cc2)c2ccc(Cl)cc2)cc1. The second kappa shape index (κ2) is 24.4. The number of hydrogen-bond donors (Lipinski definition) is 0. The van der Waals surface area contributed by atoms with E-state index in [4.69, 9.17) is 56.4 Å². The van der Waals surface area contributed by atoms with Crippen molar-refractivity contribution in [3.63, 3.8) is 0 Å². The highest BCUT2D eigenvalue weighted by Crippen LogP contribution is 2.26. The maximum Gasteiger partial charge on any atom is 0.0630 e. The minimum Gasteiger partial charge on any atom is -0.256 e. The molecular weight excluding hydrogens is 883 g/mol. The van der Waals surface area contributed by atoms with Gasteiger partial charge in [0.1, 0.15) is 0 Å². The van der Waals surface area contributed by atoms with Gasteiger partial charge in [-0.15, -0.1) is 23.5 Å². The molecule has 0 N–H and O–H groups in total. The molecule has 62 heavy (non-hydrogen) atoms. The molecule has 0 radical (unpaired) electrons. The van der Waals surface area contributed by atoms with Crippen molar-refractivity contribution in [1.82, 2.24) is 0 Å². The van der Waals surface area contributed by atoms with E-state index in [0.717, 1.165) is 55.9 Å². The summed E-state index contributed by atoms with van der Waals surface area (Å²) in [4.78, 5) is 12.0. The van der Waals surface area contributed by atoms with Crippen molar-refractivity contribution in [1.29, 1.82) is 0 Å². The maximum atomic E-state index is 6.31. The van der Waals surface area contributed by atoms with E-state index in [1.165, 1.54) is 9.79 Å². The lowest BCUT2D eigenvalue weighted by molar-refractivity contribution is 1.43. The van der Waals surface area contributed by atoms with Gasteiger partial charge in [-0.05, 0) is 154 Å². The first kappa shape index (κ1) is 46.2. The van der Waals surface area contributed by atoms with Crippen LogP contribution in [0, 0.1) is 0 Å². The van der Waals surface area contributed by atoms with E-state index in [9.17, 15) is 0 Å². The Morgan fingerprint density at radius 3 is 0.919 bits per heavy atom. The lowest BCUT2D eigenvalue weighted by Gasteiger charge is -2.04. The van der Waals surface area contributed by atoms with Gasteiger partial charge in [-0.1, -0.05) is 156 Å².